The molecule has 1 N–H and O–H groups in total. The van der Waals surface area contributed by atoms with E-state index < -0.39 is 29.1 Å². The number of halogens is 2. The predicted molar refractivity (Wildman–Crippen MR) is 98.4 cm³/mol. The van der Waals surface area contributed by atoms with Gasteiger partial charge in [0.2, 0.25) is 5.91 Å². The summed E-state index contributed by atoms with van der Waals surface area (Å²) in [7, 11) is 0. The minimum absolute atomic E-state index is 0.0912. The Labute approximate surface area is 154 Å². The normalized spacial score (nSPS) is 11.9. The summed E-state index contributed by atoms with van der Waals surface area (Å²) in [6.07, 6.45) is 0. The van der Waals surface area contributed by atoms with Crippen LogP contribution in [0, 0.1) is 18.6 Å². The van der Waals surface area contributed by atoms with Gasteiger partial charge in [-0.05, 0) is 32.0 Å². The predicted octanol–water partition coefficient (Wildman–Crippen LogP) is 3.70. The Balaban J connectivity index is 1.86. The van der Waals surface area contributed by atoms with Crippen molar-refractivity contribution in [2.45, 2.75) is 19.9 Å². The van der Waals surface area contributed by atoms with Crippen LogP contribution in [0.4, 0.5) is 14.5 Å². The van der Waals surface area contributed by atoms with Crippen LogP contribution < -0.4 is 10.9 Å². The van der Waals surface area contributed by atoms with Crippen molar-refractivity contribution in [1.82, 2.24) is 9.78 Å². The number of amides is 1. The summed E-state index contributed by atoms with van der Waals surface area (Å²) in [5, 5.41) is 6.73. The van der Waals surface area contributed by atoms with Crippen LogP contribution in [0.15, 0.2) is 59.4 Å². The van der Waals surface area contributed by atoms with Gasteiger partial charge >= 0.3 is 0 Å². The van der Waals surface area contributed by atoms with E-state index in [1.54, 1.807) is 6.07 Å². The summed E-state index contributed by atoms with van der Waals surface area (Å²) < 4.78 is 27.4. The van der Waals surface area contributed by atoms with Crippen molar-refractivity contribution in [1.29, 1.82) is 0 Å². The number of nitrogens with one attached hydrogen (secondary N) is 1. The maximum absolute atomic E-state index is 13.3. The molecule has 3 rings (SSSR count). The number of rotatable bonds is 4. The van der Waals surface area contributed by atoms with E-state index in [1.807, 2.05) is 31.2 Å². The lowest BCUT2D eigenvalue weighted by Gasteiger charge is -2.15. The first-order chi connectivity index (χ1) is 12.8. The molecule has 0 saturated carbocycles. The summed E-state index contributed by atoms with van der Waals surface area (Å²) in [5.41, 5.74) is 2.09. The van der Waals surface area contributed by atoms with Gasteiger partial charge in [0, 0.05) is 23.4 Å². The van der Waals surface area contributed by atoms with Gasteiger partial charge < -0.3 is 5.32 Å². The van der Waals surface area contributed by atoms with E-state index in [0.717, 1.165) is 27.9 Å². The van der Waals surface area contributed by atoms with Gasteiger partial charge in [0.25, 0.3) is 5.56 Å². The van der Waals surface area contributed by atoms with Crippen molar-refractivity contribution in [2.24, 2.45) is 0 Å². The number of anilines is 1. The van der Waals surface area contributed by atoms with E-state index in [9.17, 15) is 18.4 Å². The van der Waals surface area contributed by atoms with E-state index in [4.69, 9.17) is 0 Å². The number of nitrogens with zero attached hydrogens (tertiary/aromatic N) is 2. The van der Waals surface area contributed by atoms with Gasteiger partial charge in [0.1, 0.15) is 6.04 Å². The molecule has 0 fully saturated rings. The van der Waals surface area contributed by atoms with E-state index >= 15 is 0 Å². The van der Waals surface area contributed by atoms with Gasteiger partial charge in [-0.1, -0.05) is 29.8 Å². The van der Waals surface area contributed by atoms with Crippen LogP contribution in [0.1, 0.15) is 18.5 Å². The van der Waals surface area contributed by atoms with Crippen molar-refractivity contribution < 1.29 is 13.6 Å². The Bertz CT molecular complexity index is 1050. The number of benzene rings is 2. The monoisotopic (exact) mass is 369 g/mol. The maximum Gasteiger partial charge on any atom is 0.267 e. The number of aryl methyl sites for hydroxylation is 1. The minimum Gasteiger partial charge on any atom is -0.324 e. The van der Waals surface area contributed by atoms with Crippen molar-refractivity contribution in [3.8, 4) is 11.3 Å². The second kappa shape index (κ2) is 7.49. The van der Waals surface area contributed by atoms with Gasteiger partial charge in [-0.2, -0.15) is 5.10 Å². The van der Waals surface area contributed by atoms with Crippen molar-refractivity contribution in [3.05, 3.63) is 82.1 Å². The molecule has 0 radical (unpaired) electrons. The third-order valence-electron chi connectivity index (χ3n) is 4.11. The molecule has 1 unspecified atom stereocenters. The molecule has 7 heteroatoms. The van der Waals surface area contributed by atoms with E-state index in [-0.39, 0.29) is 5.69 Å². The van der Waals surface area contributed by atoms with Crippen molar-refractivity contribution in [2.75, 3.05) is 5.32 Å². The molecule has 1 aromatic heterocycles. The summed E-state index contributed by atoms with van der Waals surface area (Å²) in [6, 6.07) is 12.6. The second-order valence-electron chi connectivity index (χ2n) is 6.16. The Morgan fingerprint density at radius 2 is 1.74 bits per heavy atom. The molecule has 27 heavy (non-hydrogen) atoms. The van der Waals surface area contributed by atoms with Crippen LogP contribution in [0.25, 0.3) is 11.3 Å². The minimum atomic E-state index is -1.07. The van der Waals surface area contributed by atoms with Gasteiger partial charge in [0.15, 0.2) is 11.6 Å². The first-order valence-electron chi connectivity index (χ1n) is 8.28. The quantitative estimate of drug-likeness (QED) is 0.763. The molecule has 1 atom stereocenters. The molecule has 0 saturated heterocycles. The summed E-state index contributed by atoms with van der Waals surface area (Å²) in [6.45, 7) is 3.46. The number of aromatic nitrogens is 2. The standard InChI is InChI=1S/C20H17F2N3O2/c1-12-3-5-14(6-4-12)18-9-10-19(26)25(24-18)13(2)20(27)23-15-7-8-16(21)17(22)11-15/h3-11,13H,1-2H3,(H,23,27). The molecule has 0 aliphatic rings. The Kier molecular flexibility index (Phi) is 5.12. The number of hydrogen-bond donors (Lipinski definition) is 1. The van der Waals surface area contributed by atoms with Gasteiger partial charge in [0.05, 0.1) is 5.69 Å². The highest BCUT2D eigenvalue weighted by molar-refractivity contribution is 5.93. The molecule has 0 aliphatic heterocycles. The van der Waals surface area contributed by atoms with Crippen LogP contribution in [0.3, 0.4) is 0 Å². The lowest BCUT2D eigenvalue weighted by atomic mass is 10.1. The van der Waals surface area contributed by atoms with Crippen molar-refractivity contribution >= 4 is 11.6 Å². The molecule has 0 aliphatic carbocycles. The highest BCUT2D eigenvalue weighted by Crippen LogP contribution is 2.18. The first kappa shape index (κ1) is 18.4. The third kappa shape index (κ3) is 4.08. The molecule has 1 heterocycles. The first-order valence-corrected chi connectivity index (χ1v) is 8.28. The Hall–Kier alpha value is -3.35. The number of carbonyl (C=O) groups excluding carboxylic acids is 1. The third-order valence-corrected chi connectivity index (χ3v) is 4.11. The van der Waals surface area contributed by atoms with Crippen LogP contribution in [0.2, 0.25) is 0 Å². The zero-order valence-electron chi connectivity index (χ0n) is 14.7. The molecule has 2 aromatic carbocycles. The molecular formula is C20H17F2N3O2. The maximum atomic E-state index is 13.3. The lowest BCUT2D eigenvalue weighted by molar-refractivity contribution is -0.119. The average Bonchev–Trinajstić information content (AvgIpc) is 2.65. The van der Waals surface area contributed by atoms with E-state index in [1.165, 1.54) is 19.1 Å². The highest BCUT2D eigenvalue weighted by atomic mass is 19.2. The van der Waals surface area contributed by atoms with Crippen molar-refractivity contribution in [3.63, 3.8) is 0 Å². The lowest BCUT2D eigenvalue weighted by Crippen LogP contribution is -2.33. The average molecular weight is 369 g/mol. The van der Waals surface area contributed by atoms with Gasteiger partial charge in [-0.3, -0.25) is 9.59 Å². The van der Waals surface area contributed by atoms with Crippen LogP contribution in [-0.2, 0) is 4.79 Å². The molecule has 1 amide bonds. The molecule has 0 spiro atoms. The number of carbonyl (C=O) groups is 1. The molecule has 138 valence electrons. The van der Waals surface area contributed by atoms with E-state index in [0.29, 0.717) is 5.69 Å². The van der Waals surface area contributed by atoms with Crippen LogP contribution in [0.5, 0.6) is 0 Å². The fraction of sp³-hybridized carbons (Fsp3) is 0.150. The fourth-order valence-corrected chi connectivity index (χ4v) is 2.51. The molecular weight excluding hydrogens is 352 g/mol. The molecule has 3 aromatic rings. The Morgan fingerprint density at radius 1 is 1.04 bits per heavy atom. The smallest absolute Gasteiger partial charge is 0.267 e. The summed E-state index contributed by atoms with van der Waals surface area (Å²) >= 11 is 0. The van der Waals surface area contributed by atoms with Gasteiger partial charge in [-0.25, -0.2) is 13.5 Å². The Morgan fingerprint density at radius 3 is 2.41 bits per heavy atom. The van der Waals surface area contributed by atoms with Crippen LogP contribution >= 0.6 is 0 Å². The summed E-state index contributed by atoms with van der Waals surface area (Å²) in [5.74, 6) is -2.65. The topological polar surface area (TPSA) is 64.0 Å². The largest absolute Gasteiger partial charge is 0.324 e. The summed E-state index contributed by atoms with van der Waals surface area (Å²) in [4.78, 5) is 24.6. The van der Waals surface area contributed by atoms with Crippen LogP contribution in [-0.4, -0.2) is 15.7 Å². The number of hydrogen-bond acceptors (Lipinski definition) is 3. The second-order valence-corrected chi connectivity index (χ2v) is 6.16. The molecule has 5 nitrogen and oxygen atoms in total. The molecule has 0 bridgehead atoms. The zero-order valence-corrected chi connectivity index (χ0v) is 14.7. The van der Waals surface area contributed by atoms with Gasteiger partial charge in [-0.15, -0.1) is 0 Å². The highest BCUT2D eigenvalue weighted by Gasteiger charge is 2.19. The van der Waals surface area contributed by atoms with E-state index in [2.05, 4.69) is 10.4 Å². The zero-order chi connectivity index (χ0) is 19.6. The SMILES string of the molecule is Cc1ccc(-c2ccc(=O)n(C(C)C(=O)Nc3ccc(F)c(F)c3)n2)cc1. The fourth-order valence-electron chi connectivity index (χ4n) is 2.51.